The molecule has 0 saturated heterocycles. The molecule has 0 N–H and O–H groups in total. The van der Waals surface area contributed by atoms with Gasteiger partial charge in [-0.25, -0.2) is 0 Å². The first-order chi connectivity index (χ1) is 17.1. The van der Waals surface area contributed by atoms with Crippen molar-refractivity contribution in [2.24, 2.45) is 23.7 Å². The number of hydrogen-bond donors (Lipinski definition) is 0. The van der Waals surface area contributed by atoms with Crippen molar-refractivity contribution < 1.29 is 0 Å². The summed E-state index contributed by atoms with van der Waals surface area (Å²) in [6.45, 7) is 5.04. The maximum atomic E-state index is 6.66. The van der Waals surface area contributed by atoms with Crippen molar-refractivity contribution in [1.29, 1.82) is 0 Å². The predicted octanol–water partition coefficient (Wildman–Crippen LogP) is 7.55. The summed E-state index contributed by atoms with van der Waals surface area (Å²) in [5.74, 6) is 3.17. The molecule has 0 amide bonds. The standard InChI is InChI=1S/C34H33Cl/c1-21-16-23-18-22(2)34(25(17-21)19-23)31-12-6-5-9-28(31)30-20-24(14-15-32(30)34)26-11-7-13-33(35)29-10-4-3-8-27(26)29/h3-10,12-15,20-23,25H,11,16-19H2,1-2H3. The summed E-state index contributed by atoms with van der Waals surface area (Å²) in [6.07, 6.45) is 10.7. The Kier molecular flexibility index (Phi) is 4.94. The highest BCUT2D eigenvalue weighted by molar-refractivity contribution is 6.47. The summed E-state index contributed by atoms with van der Waals surface area (Å²) in [5, 5.41) is 3.23. The van der Waals surface area contributed by atoms with Gasteiger partial charge < -0.3 is 0 Å². The van der Waals surface area contributed by atoms with Crippen LogP contribution in [0.5, 0.6) is 0 Å². The van der Waals surface area contributed by atoms with Gasteiger partial charge in [-0.05, 0) is 107 Å². The Morgan fingerprint density at radius 3 is 2.43 bits per heavy atom. The number of hydrogen-bond acceptors (Lipinski definition) is 0. The van der Waals surface area contributed by atoms with E-state index in [4.69, 9.17) is 11.6 Å². The van der Waals surface area contributed by atoms with Gasteiger partial charge in [0.2, 0.25) is 0 Å². The van der Waals surface area contributed by atoms with Crippen molar-refractivity contribution in [3.63, 3.8) is 0 Å². The number of benzene rings is 3. The van der Waals surface area contributed by atoms with E-state index in [2.05, 4.69) is 92.7 Å². The molecular formula is C34H33Cl. The van der Waals surface area contributed by atoms with Crippen molar-refractivity contribution in [3.8, 4) is 11.1 Å². The normalized spacial score (nSPS) is 30.6. The average Bonchev–Trinajstić information content (AvgIpc) is 3.05. The maximum Gasteiger partial charge on any atom is 0.0481 e. The Morgan fingerprint density at radius 2 is 1.54 bits per heavy atom. The van der Waals surface area contributed by atoms with Gasteiger partial charge in [-0.3, -0.25) is 0 Å². The Labute approximate surface area is 214 Å². The van der Waals surface area contributed by atoms with Gasteiger partial charge in [0.25, 0.3) is 0 Å². The molecule has 0 radical (unpaired) electrons. The van der Waals surface area contributed by atoms with Gasteiger partial charge in [-0.1, -0.05) is 92.2 Å². The highest BCUT2D eigenvalue weighted by Gasteiger charge is 2.56. The van der Waals surface area contributed by atoms with E-state index in [0.29, 0.717) is 5.92 Å². The van der Waals surface area contributed by atoms with Gasteiger partial charge in [0, 0.05) is 15.7 Å². The number of halogens is 1. The molecule has 3 aromatic rings. The van der Waals surface area contributed by atoms with E-state index in [1.54, 1.807) is 11.1 Å². The van der Waals surface area contributed by atoms with Crippen LogP contribution in [0.1, 0.15) is 62.6 Å². The molecule has 176 valence electrons. The molecule has 1 spiro atoms. The van der Waals surface area contributed by atoms with E-state index in [9.17, 15) is 0 Å². The van der Waals surface area contributed by atoms with Crippen molar-refractivity contribution in [2.45, 2.75) is 51.4 Å². The second kappa shape index (κ2) is 7.97. The summed E-state index contributed by atoms with van der Waals surface area (Å²) >= 11 is 6.66. The lowest BCUT2D eigenvalue weighted by Crippen LogP contribution is -2.49. The van der Waals surface area contributed by atoms with Crippen LogP contribution < -0.4 is 10.4 Å². The van der Waals surface area contributed by atoms with E-state index in [-0.39, 0.29) is 5.41 Å². The molecule has 0 aromatic heterocycles. The van der Waals surface area contributed by atoms with E-state index >= 15 is 0 Å². The molecule has 5 unspecified atom stereocenters. The van der Waals surface area contributed by atoms with Gasteiger partial charge >= 0.3 is 0 Å². The van der Waals surface area contributed by atoms with Crippen LogP contribution in [-0.4, -0.2) is 0 Å². The van der Waals surface area contributed by atoms with Crippen LogP contribution in [-0.2, 0) is 5.41 Å². The van der Waals surface area contributed by atoms with E-state index in [0.717, 1.165) is 34.4 Å². The van der Waals surface area contributed by atoms with E-state index in [1.165, 1.54) is 53.2 Å². The molecule has 2 saturated carbocycles. The summed E-state index contributed by atoms with van der Waals surface area (Å²) < 4.78 is 0. The highest BCUT2D eigenvalue weighted by Crippen LogP contribution is 2.64. The molecule has 2 fully saturated rings. The summed E-state index contributed by atoms with van der Waals surface area (Å²) in [6, 6.07) is 25.4. The number of allylic oxidation sites excluding steroid dienone is 2. The lowest BCUT2D eigenvalue weighted by Gasteiger charge is -2.54. The largest absolute Gasteiger partial charge is 0.0837 e. The molecule has 4 aliphatic rings. The minimum atomic E-state index is 0.165. The van der Waals surface area contributed by atoms with Crippen LogP contribution in [0.2, 0.25) is 0 Å². The van der Waals surface area contributed by atoms with Crippen molar-refractivity contribution in [1.82, 2.24) is 0 Å². The topological polar surface area (TPSA) is 0 Å². The minimum absolute atomic E-state index is 0.165. The first kappa shape index (κ1) is 21.7. The van der Waals surface area contributed by atoms with Crippen molar-refractivity contribution in [3.05, 3.63) is 106 Å². The van der Waals surface area contributed by atoms with Crippen LogP contribution in [0.25, 0.3) is 21.7 Å². The molecule has 7 rings (SSSR count). The predicted molar refractivity (Wildman–Crippen MR) is 148 cm³/mol. The maximum absolute atomic E-state index is 6.66. The van der Waals surface area contributed by atoms with Crippen molar-refractivity contribution in [2.75, 3.05) is 0 Å². The second-order valence-electron chi connectivity index (χ2n) is 11.7. The van der Waals surface area contributed by atoms with Gasteiger partial charge in [0.05, 0.1) is 0 Å². The fourth-order valence-corrected chi connectivity index (χ4v) is 8.87. The van der Waals surface area contributed by atoms with Crippen LogP contribution >= 0.6 is 11.6 Å². The quantitative estimate of drug-likeness (QED) is 0.340. The molecule has 0 aliphatic heterocycles. The first-order valence-electron chi connectivity index (χ1n) is 13.5. The Morgan fingerprint density at radius 1 is 0.771 bits per heavy atom. The molecule has 4 aliphatic carbocycles. The summed E-state index contributed by atoms with van der Waals surface area (Å²) in [4.78, 5) is 0. The molecule has 0 nitrogen and oxygen atoms in total. The van der Waals surface area contributed by atoms with Crippen molar-refractivity contribution >= 4 is 22.2 Å². The molecular weight excluding hydrogens is 444 g/mol. The smallest absolute Gasteiger partial charge is 0.0481 e. The van der Waals surface area contributed by atoms with Crippen LogP contribution in [0.3, 0.4) is 0 Å². The van der Waals surface area contributed by atoms with E-state index < -0.39 is 0 Å². The Hall–Kier alpha value is -2.57. The van der Waals surface area contributed by atoms with Gasteiger partial charge in [0.1, 0.15) is 0 Å². The van der Waals surface area contributed by atoms with E-state index in [1.807, 2.05) is 0 Å². The third-order valence-electron chi connectivity index (χ3n) is 9.72. The lowest BCUT2D eigenvalue weighted by molar-refractivity contribution is 0.0426. The Balaban J connectivity index is 1.48. The lowest BCUT2D eigenvalue weighted by atomic mass is 9.49. The molecule has 1 heteroatoms. The van der Waals surface area contributed by atoms with Gasteiger partial charge in [0.15, 0.2) is 0 Å². The fraction of sp³-hybridized carbons (Fsp3) is 0.353. The monoisotopic (exact) mass is 476 g/mol. The fourth-order valence-electron chi connectivity index (χ4n) is 8.62. The number of rotatable bonds is 1. The molecule has 35 heavy (non-hydrogen) atoms. The summed E-state index contributed by atoms with van der Waals surface area (Å²) in [7, 11) is 0. The molecule has 5 atom stereocenters. The first-order valence-corrected chi connectivity index (χ1v) is 13.8. The number of fused-ring (bicyclic) bond motifs is 9. The second-order valence-corrected chi connectivity index (χ2v) is 12.1. The zero-order valence-electron chi connectivity index (χ0n) is 20.7. The summed E-state index contributed by atoms with van der Waals surface area (Å²) in [5.41, 5.74) is 8.99. The van der Waals surface area contributed by atoms with Crippen LogP contribution in [0.4, 0.5) is 0 Å². The zero-order valence-corrected chi connectivity index (χ0v) is 21.5. The molecule has 0 heterocycles. The molecule has 2 bridgehead atoms. The highest BCUT2D eigenvalue weighted by atomic mass is 35.5. The minimum Gasteiger partial charge on any atom is -0.0837 e. The molecule has 3 aromatic carbocycles. The Bertz CT molecular complexity index is 1490. The third-order valence-corrected chi connectivity index (χ3v) is 10.1. The van der Waals surface area contributed by atoms with Crippen LogP contribution in [0.15, 0.2) is 78.9 Å². The average molecular weight is 477 g/mol. The zero-order chi connectivity index (χ0) is 23.7. The third kappa shape index (κ3) is 3.05. The van der Waals surface area contributed by atoms with Gasteiger partial charge in [-0.2, -0.15) is 0 Å². The SMILES string of the molecule is CC1CC2CC(C)C3(c4ccccc4-c4cc(C5=c6ccccc6=C(Cl)C=CC5)ccc43)C(C1)C2. The van der Waals surface area contributed by atoms with Crippen LogP contribution in [0, 0.1) is 23.7 Å². The van der Waals surface area contributed by atoms with Gasteiger partial charge in [-0.15, -0.1) is 0 Å².